The van der Waals surface area contributed by atoms with Gasteiger partial charge in [0.15, 0.2) is 11.8 Å². The number of hydrogen-bond donors (Lipinski definition) is 2. The van der Waals surface area contributed by atoms with Crippen LogP contribution in [0.1, 0.15) is 11.1 Å². The molecule has 1 saturated heterocycles. The normalized spacial score (nSPS) is 14.9. The van der Waals surface area contributed by atoms with Crippen LogP contribution in [-0.2, 0) is 16.0 Å². The number of thioether (sulfide) groups is 1. The summed E-state index contributed by atoms with van der Waals surface area (Å²) < 4.78 is 6.49. The molecule has 0 bridgehead atoms. The fourth-order valence-corrected chi connectivity index (χ4v) is 3.47. The van der Waals surface area contributed by atoms with Gasteiger partial charge in [-0.3, -0.25) is 9.59 Å². The highest BCUT2D eigenvalue weighted by Crippen LogP contribution is 2.22. The van der Waals surface area contributed by atoms with Gasteiger partial charge in [-0.05, 0) is 30.2 Å². The third-order valence-electron chi connectivity index (χ3n) is 3.84. The number of amidine groups is 1. The highest BCUT2D eigenvalue weighted by atomic mass is 79.9. The van der Waals surface area contributed by atoms with Gasteiger partial charge in [0, 0.05) is 16.6 Å². The van der Waals surface area contributed by atoms with Crippen molar-refractivity contribution in [2.45, 2.75) is 6.42 Å². The Kier molecular flexibility index (Phi) is 7.83. The molecule has 29 heavy (non-hydrogen) atoms. The van der Waals surface area contributed by atoms with Crippen molar-refractivity contribution in [1.82, 2.24) is 10.6 Å². The fourth-order valence-electron chi connectivity index (χ4n) is 2.46. The van der Waals surface area contributed by atoms with E-state index in [1.54, 1.807) is 6.07 Å². The van der Waals surface area contributed by atoms with E-state index in [9.17, 15) is 9.59 Å². The van der Waals surface area contributed by atoms with Crippen LogP contribution in [0.2, 0.25) is 0 Å². The standard InChI is InChI=1S/C20H19BrN4O3S/c21-16-6-7-17(15(10-16)11-23-25-20-24-19(27)13-29-20)28-12-18(26)22-9-8-14-4-2-1-3-5-14/h1-7,10-11H,8-9,12-13H2,(H,22,26)(H,24,25,27). The summed E-state index contributed by atoms with van der Waals surface area (Å²) in [5.74, 6) is 0.572. The Morgan fingerprint density at radius 2 is 2.10 bits per heavy atom. The van der Waals surface area contributed by atoms with Crippen LogP contribution in [0.4, 0.5) is 0 Å². The van der Waals surface area contributed by atoms with Gasteiger partial charge in [-0.1, -0.05) is 58.0 Å². The first-order valence-corrected chi connectivity index (χ1v) is 10.6. The lowest BCUT2D eigenvalue weighted by molar-refractivity contribution is -0.123. The molecule has 1 aliphatic heterocycles. The van der Waals surface area contributed by atoms with Gasteiger partial charge in [0.2, 0.25) is 5.91 Å². The number of carbonyl (C=O) groups excluding carboxylic acids is 2. The van der Waals surface area contributed by atoms with E-state index in [4.69, 9.17) is 4.74 Å². The van der Waals surface area contributed by atoms with Crippen molar-refractivity contribution in [2.24, 2.45) is 10.2 Å². The van der Waals surface area contributed by atoms with Crippen molar-refractivity contribution in [3.8, 4) is 5.75 Å². The number of carbonyl (C=O) groups is 2. The van der Waals surface area contributed by atoms with E-state index < -0.39 is 0 Å². The summed E-state index contributed by atoms with van der Waals surface area (Å²) in [6.07, 6.45) is 2.28. The number of hydrogen-bond acceptors (Lipinski definition) is 6. The summed E-state index contributed by atoms with van der Waals surface area (Å²) in [6, 6.07) is 15.3. The molecule has 2 aromatic rings. The summed E-state index contributed by atoms with van der Waals surface area (Å²) in [5, 5.41) is 13.9. The first-order chi connectivity index (χ1) is 14.1. The van der Waals surface area contributed by atoms with Crippen LogP contribution in [-0.4, -0.2) is 42.1 Å². The lowest BCUT2D eigenvalue weighted by Gasteiger charge is -2.10. The summed E-state index contributed by atoms with van der Waals surface area (Å²) in [4.78, 5) is 23.2. The Hall–Kier alpha value is -2.65. The molecule has 0 aromatic heterocycles. The van der Waals surface area contributed by atoms with E-state index in [1.165, 1.54) is 23.5 Å². The minimum Gasteiger partial charge on any atom is -0.483 e. The number of benzene rings is 2. The molecule has 0 spiro atoms. The molecule has 3 rings (SSSR count). The van der Waals surface area contributed by atoms with Crippen LogP contribution in [0, 0.1) is 0 Å². The Balaban J connectivity index is 1.52. The van der Waals surface area contributed by atoms with Gasteiger partial charge in [-0.15, -0.1) is 5.10 Å². The molecule has 0 radical (unpaired) electrons. The van der Waals surface area contributed by atoms with Crippen LogP contribution in [0.5, 0.6) is 5.75 Å². The van der Waals surface area contributed by atoms with Gasteiger partial charge in [0.1, 0.15) is 5.75 Å². The molecular weight excluding hydrogens is 456 g/mol. The summed E-state index contributed by atoms with van der Waals surface area (Å²) in [6.45, 7) is 0.444. The van der Waals surface area contributed by atoms with E-state index in [0.29, 0.717) is 28.8 Å². The van der Waals surface area contributed by atoms with E-state index in [1.807, 2.05) is 42.5 Å². The topological polar surface area (TPSA) is 92.2 Å². The number of nitrogens with zero attached hydrogens (tertiary/aromatic N) is 2. The van der Waals surface area contributed by atoms with Gasteiger partial charge in [-0.25, -0.2) is 0 Å². The quantitative estimate of drug-likeness (QED) is 0.454. The number of ether oxygens (including phenoxy) is 1. The molecule has 0 atom stereocenters. The highest BCUT2D eigenvalue weighted by molar-refractivity contribution is 9.10. The average molecular weight is 475 g/mol. The number of rotatable bonds is 8. The second-order valence-corrected chi connectivity index (χ2v) is 7.92. The highest BCUT2D eigenvalue weighted by Gasteiger charge is 2.16. The maximum Gasteiger partial charge on any atom is 0.257 e. The summed E-state index contributed by atoms with van der Waals surface area (Å²) in [7, 11) is 0. The molecule has 9 heteroatoms. The monoisotopic (exact) mass is 474 g/mol. The predicted molar refractivity (Wildman–Crippen MR) is 118 cm³/mol. The number of nitrogens with one attached hydrogen (secondary N) is 2. The molecule has 2 aromatic carbocycles. The largest absolute Gasteiger partial charge is 0.483 e. The SMILES string of the molecule is O=C(COc1ccc(Br)cc1C=NN=C1NC(=O)CS1)NCCc1ccccc1. The smallest absolute Gasteiger partial charge is 0.257 e. The molecule has 1 heterocycles. The first-order valence-electron chi connectivity index (χ1n) is 8.87. The lowest BCUT2D eigenvalue weighted by atomic mass is 10.1. The Labute approximate surface area is 181 Å². The molecule has 1 fully saturated rings. The van der Waals surface area contributed by atoms with E-state index >= 15 is 0 Å². The molecule has 1 aliphatic rings. The van der Waals surface area contributed by atoms with Crippen molar-refractivity contribution in [1.29, 1.82) is 0 Å². The third kappa shape index (κ3) is 7.03. The second-order valence-electron chi connectivity index (χ2n) is 6.04. The second kappa shape index (κ2) is 10.8. The van der Waals surface area contributed by atoms with Crippen molar-refractivity contribution < 1.29 is 14.3 Å². The van der Waals surface area contributed by atoms with Gasteiger partial charge < -0.3 is 15.4 Å². The minimum atomic E-state index is -0.197. The van der Waals surface area contributed by atoms with Crippen molar-refractivity contribution in [3.63, 3.8) is 0 Å². The van der Waals surface area contributed by atoms with E-state index in [2.05, 4.69) is 36.8 Å². The van der Waals surface area contributed by atoms with Crippen LogP contribution in [0.25, 0.3) is 0 Å². The molecular formula is C20H19BrN4O3S. The van der Waals surface area contributed by atoms with E-state index in [0.717, 1.165) is 10.9 Å². The third-order valence-corrected chi connectivity index (χ3v) is 5.20. The Morgan fingerprint density at radius 3 is 2.86 bits per heavy atom. The molecule has 2 N–H and O–H groups in total. The molecule has 0 saturated carbocycles. The number of halogens is 1. The fraction of sp³-hybridized carbons (Fsp3) is 0.200. The zero-order chi connectivity index (χ0) is 20.5. The van der Waals surface area contributed by atoms with E-state index in [-0.39, 0.29) is 18.4 Å². The van der Waals surface area contributed by atoms with Crippen LogP contribution >= 0.6 is 27.7 Å². The molecule has 150 valence electrons. The summed E-state index contributed by atoms with van der Waals surface area (Å²) >= 11 is 4.70. The van der Waals surface area contributed by atoms with Crippen molar-refractivity contribution in [3.05, 3.63) is 64.1 Å². The molecule has 0 unspecified atom stereocenters. The Morgan fingerprint density at radius 1 is 1.28 bits per heavy atom. The minimum absolute atomic E-state index is 0.0892. The zero-order valence-electron chi connectivity index (χ0n) is 15.4. The maximum atomic E-state index is 12.1. The van der Waals surface area contributed by atoms with Gasteiger partial charge in [-0.2, -0.15) is 5.10 Å². The molecule has 0 aliphatic carbocycles. The number of amides is 2. The van der Waals surface area contributed by atoms with Crippen LogP contribution in [0.3, 0.4) is 0 Å². The lowest BCUT2D eigenvalue weighted by Crippen LogP contribution is -2.30. The molecule has 2 amide bonds. The van der Waals surface area contributed by atoms with Gasteiger partial charge >= 0.3 is 0 Å². The zero-order valence-corrected chi connectivity index (χ0v) is 17.8. The van der Waals surface area contributed by atoms with Crippen molar-refractivity contribution >= 4 is 50.9 Å². The van der Waals surface area contributed by atoms with Crippen molar-refractivity contribution in [2.75, 3.05) is 18.9 Å². The molecule has 7 nitrogen and oxygen atoms in total. The first kappa shape index (κ1) is 21.1. The van der Waals surface area contributed by atoms with Crippen LogP contribution < -0.4 is 15.4 Å². The summed E-state index contributed by atoms with van der Waals surface area (Å²) in [5.41, 5.74) is 1.83. The maximum absolute atomic E-state index is 12.1. The van der Waals surface area contributed by atoms with Gasteiger partial charge in [0.25, 0.3) is 5.91 Å². The average Bonchev–Trinajstić information content (AvgIpc) is 3.13. The van der Waals surface area contributed by atoms with Crippen LogP contribution in [0.15, 0.2) is 63.2 Å². The predicted octanol–water partition coefficient (Wildman–Crippen LogP) is 2.74. The van der Waals surface area contributed by atoms with Gasteiger partial charge in [0.05, 0.1) is 12.0 Å². The Bertz CT molecular complexity index is 935.